The first-order chi connectivity index (χ1) is 19.0. The maximum absolute atomic E-state index is 13.1. The largest absolute Gasteiger partial charge is 0.595 e. The van der Waals surface area contributed by atoms with Gasteiger partial charge in [0.15, 0.2) is 11.4 Å². The highest BCUT2D eigenvalue weighted by Crippen LogP contribution is 2.28. The normalized spacial score (nSPS) is 13.6. The minimum Gasteiger partial charge on any atom is -0.595 e. The summed E-state index contributed by atoms with van der Waals surface area (Å²) in [5.74, 6) is -0.0114. The molecule has 2 atom stereocenters. The maximum Gasteiger partial charge on any atom is 0.340 e. The van der Waals surface area contributed by atoms with Crippen molar-refractivity contribution < 1.29 is 46.1 Å². The molecular weight excluding hydrogens is 564 g/mol. The van der Waals surface area contributed by atoms with E-state index >= 15 is 0 Å². The topological polar surface area (TPSA) is 182 Å². The Morgan fingerprint density at radius 1 is 0.575 bits per heavy atom. The molecule has 0 saturated carbocycles. The molecule has 4 aromatic carbocycles. The number of nitrogens with one attached hydrogen (secondary N) is 2. The molecule has 4 N–H and O–H groups in total. The summed E-state index contributed by atoms with van der Waals surface area (Å²) >= 11 is 0. The van der Waals surface area contributed by atoms with Gasteiger partial charge in [-0.3, -0.25) is 0 Å². The average molecular weight is 587 g/mol. The van der Waals surface area contributed by atoms with Crippen LogP contribution in [0.3, 0.4) is 0 Å². The molecule has 0 fully saturated rings. The van der Waals surface area contributed by atoms with E-state index in [1.807, 2.05) is 0 Å². The third-order valence-electron chi connectivity index (χ3n) is 5.40. The fourth-order valence-electron chi connectivity index (χ4n) is 3.52. The fraction of sp³-hybridized carbons (Fsp3) is 0. The minimum atomic E-state index is -4.54. The van der Waals surface area contributed by atoms with E-state index in [0.717, 1.165) is 12.1 Å². The van der Waals surface area contributed by atoms with Crippen molar-refractivity contribution in [3.8, 4) is 11.5 Å². The van der Waals surface area contributed by atoms with Gasteiger partial charge in [-0.25, -0.2) is 10.4 Å². The standard InChI is InChI=1S/C26H22N2O10S2/c29-27(30)21-15-13-19(25(17-21)39(33,34)37-23-7-3-1-4-8-23)11-12-20-14-16-22(28(31)32)18-26(20)40(35,36)38-24-9-5-2-6-10-24/h1-18,27-29,31H. The highest BCUT2D eigenvalue weighted by molar-refractivity contribution is 7.87. The zero-order valence-corrected chi connectivity index (χ0v) is 22.0. The summed E-state index contributed by atoms with van der Waals surface area (Å²) in [5, 5.41) is 39.1. The van der Waals surface area contributed by atoms with Crippen LogP contribution in [-0.2, 0) is 20.2 Å². The highest BCUT2D eigenvalue weighted by Gasteiger charge is 2.24. The molecule has 40 heavy (non-hydrogen) atoms. The van der Waals surface area contributed by atoms with E-state index in [0.29, 0.717) is 0 Å². The third kappa shape index (κ3) is 6.90. The van der Waals surface area contributed by atoms with Crippen molar-refractivity contribution in [2.45, 2.75) is 9.79 Å². The first kappa shape index (κ1) is 28.9. The van der Waals surface area contributed by atoms with Gasteiger partial charge in [0, 0.05) is 24.3 Å². The SMILES string of the molecule is O=S(=O)(Oc1ccccc1)c1cc([NH+]([O-])O)ccc1C=Cc1ccc([NH+]([O-])O)cc1S(=O)(=O)Oc1ccccc1. The monoisotopic (exact) mass is 586 g/mol. The predicted octanol–water partition coefficient (Wildman–Crippen LogP) is 2.20. The van der Waals surface area contributed by atoms with Crippen LogP contribution in [0.5, 0.6) is 11.5 Å². The second kappa shape index (κ2) is 12.0. The number of para-hydroxylation sites is 2. The van der Waals surface area contributed by atoms with Crippen LogP contribution in [0.25, 0.3) is 12.2 Å². The molecule has 14 heteroatoms. The second-order valence-corrected chi connectivity index (χ2v) is 11.2. The van der Waals surface area contributed by atoms with Gasteiger partial charge in [-0.15, -0.1) is 0 Å². The number of quaternary nitrogens is 2. The molecule has 4 rings (SSSR count). The van der Waals surface area contributed by atoms with Crippen LogP contribution in [0.2, 0.25) is 0 Å². The van der Waals surface area contributed by atoms with Gasteiger partial charge >= 0.3 is 20.2 Å². The van der Waals surface area contributed by atoms with Crippen LogP contribution in [0.1, 0.15) is 11.1 Å². The summed E-state index contributed by atoms with van der Waals surface area (Å²) in [6.07, 6.45) is 2.48. The van der Waals surface area contributed by atoms with Crippen LogP contribution in [0.4, 0.5) is 11.4 Å². The smallest absolute Gasteiger partial charge is 0.340 e. The third-order valence-corrected chi connectivity index (χ3v) is 8.01. The fourth-order valence-corrected chi connectivity index (χ4v) is 5.82. The molecule has 0 saturated heterocycles. The van der Waals surface area contributed by atoms with Gasteiger partial charge in [-0.05, 0) is 47.5 Å². The molecule has 0 aliphatic rings. The lowest BCUT2D eigenvalue weighted by Crippen LogP contribution is -2.99. The Morgan fingerprint density at radius 3 is 1.25 bits per heavy atom. The first-order valence-corrected chi connectivity index (χ1v) is 14.2. The van der Waals surface area contributed by atoms with Gasteiger partial charge in [0.2, 0.25) is 0 Å². The molecule has 208 valence electrons. The molecular formula is C26H22N2O10S2. The molecule has 0 aliphatic carbocycles. The molecule has 0 radical (unpaired) electrons. The molecule has 0 spiro atoms. The van der Waals surface area contributed by atoms with Gasteiger partial charge < -0.3 is 18.8 Å². The molecule has 0 bridgehead atoms. The lowest BCUT2D eigenvalue weighted by Gasteiger charge is -2.16. The van der Waals surface area contributed by atoms with E-state index in [9.17, 15) is 37.7 Å². The Hall–Kier alpha value is -4.12. The molecule has 4 aromatic rings. The lowest BCUT2D eigenvalue weighted by molar-refractivity contribution is -0.991. The zero-order chi connectivity index (χ0) is 28.9. The van der Waals surface area contributed by atoms with Crippen LogP contribution in [0.15, 0.2) is 107 Å². The molecule has 0 amide bonds. The zero-order valence-electron chi connectivity index (χ0n) is 20.4. The van der Waals surface area contributed by atoms with Crippen molar-refractivity contribution in [1.29, 1.82) is 0 Å². The number of hydrogen-bond acceptors (Lipinski definition) is 10. The molecule has 0 aromatic heterocycles. The van der Waals surface area contributed by atoms with Crippen molar-refractivity contribution >= 4 is 43.8 Å². The first-order valence-electron chi connectivity index (χ1n) is 11.4. The van der Waals surface area contributed by atoms with Crippen molar-refractivity contribution in [3.63, 3.8) is 0 Å². The van der Waals surface area contributed by atoms with E-state index in [4.69, 9.17) is 8.37 Å². The summed E-state index contributed by atoms with van der Waals surface area (Å²) in [7, 11) is -9.07. The Bertz CT molecular complexity index is 1600. The predicted molar refractivity (Wildman–Crippen MR) is 142 cm³/mol. The van der Waals surface area contributed by atoms with Crippen LogP contribution in [0, 0.1) is 10.4 Å². The van der Waals surface area contributed by atoms with E-state index in [1.54, 1.807) is 36.4 Å². The summed E-state index contributed by atoms with van der Waals surface area (Å²) in [6, 6.07) is 21.8. The highest BCUT2D eigenvalue weighted by atomic mass is 32.2. The molecule has 2 unspecified atom stereocenters. The molecule has 0 heterocycles. The number of benzene rings is 4. The molecule has 12 nitrogen and oxygen atoms in total. The van der Waals surface area contributed by atoms with Gasteiger partial charge in [0.25, 0.3) is 0 Å². The van der Waals surface area contributed by atoms with E-state index < -0.39 is 40.5 Å². The molecule has 0 aliphatic heterocycles. The van der Waals surface area contributed by atoms with Gasteiger partial charge in [-0.1, -0.05) is 48.6 Å². The average Bonchev–Trinajstić information content (AvgIpc) is 2.92. The van der Waals surface area contributed by atoms with E-state index in [-0.39, 0.29) is 34.0 Å². The maximum atomic E-state index is 13.1. The van der Waals surface area contributed by atoms with Crippen molar-refractivity contribution in [2.75, 3.05) is 0 Å². The number of rotatable bonds is 10. The summed E-state index contributed by atoms with van der Waals surface area (Å²) in [6.45, 7) is 0. The Balaban J connectivity index is 1.79. The Labute approximate surface area is 229 Å². The van der Waals surface area contributed by atoms with Crippen molar-refractivity contribution in [3.05, 3.63) is 119 Å². The quantitative estimate of drug-likeness (QED) is 0.122. The van der Waals surface area contributed by atoms with Crippen molar-refractivity contribution in [2.24, 2.45) is 0 Å². The minimum absolute atomic E-state index is 0.00569. The number of hydrogen-bond donors (Lipinski definition) is 4. The van der Waals surface area contributed by atoms with Gasteiger partial charge in [-0.2, -0.15) is 27.3 Å². The summed E-state index contributed by atoms with van der Waals surface area (Å²) < 4.78 is 62.8. The Kier molecular flexibility index (Phi) is 8.63. The van der Waals surface area contributed by atoms with E-state index in [1.165, 1.54) is 60.7 Å². The lowest BCUT2D eigenvalue weighted by atomic mass is 10.1. The van der Waals surface area contributed by atoms with Crippen LogP contribution >= 0.6 is 0 Å². The van der Waals surface area contributed by atoms with Crippen molar-refractivity contribution in [1.82, 2.24) is 0 Å². The van der Waals surface area contributed by atoms with Gasteiger partial charge in [0.1, 0.15) is 21.3 Å². The van der Waals surface area contributed by atoms with Gasteiger partial charge in [0.05, 0.1) is 0 Å². The summed E-state index contributed by atoms with van der Waals surface area (Å²) in [5.41, 5.74) is -0.679. The van der Waals surface area contributed by atoms with Crippen LogP contribution < -0.4 is 18.8 Å². The summed E-state index contributed by atoms with van der Waals surface area (Å²) in [4.78, 5) is -0.973. The second-order valence-electron chi connectivity index (χ2n) is 8.15. The van der Waals surface area contributed by atoms with Crippen LogP contribution in [-0.4, -0.2) is 27.3 Å². The van der Waals surface area contributed by atoms with E-state index in [2.05, 4.69) is 0 Å². The Morgan fingerprint density at radius 2 is 0.925 bits per heavy atom.